The third-order valence-corrected chi connectivity index (χ3v) is 6.51. The second kappa shape index (κ2) is 9.44. The van der Waals surface area contributed by atoms with Gasteiger partial charge in [-0.15, -0.1) is 0 Å². The van der Waals surface area contributed by atoms with Crippen molar-refractivity contribution in [1.29, 1.82) is 0 Å². The zero-order chi connectivity index (χ0) is 24.3. The van der Waals surface area contributed by atoms with Gasteiger partial charge in [0.05, 0.1) is 24.8 Å². The molecule has 0 saturated heterocycles. The van der Waals surface area contributed by atoms with Crippen molar-refractivity contribution in [2.45, 2.75) is 25.3 Å². The van der Waals surface area contributed by atoms with Crippen LogP contribution in [-0.2, 0) is 16.6 Å². The Labute approximate surface area is 196 Å². The number of furan rings is 1. The van der Waals surface area contributed by atoms with E-state index < -0.39 is 10.0 Å². The molecule has 176 valence electrons. The molecule has 0 fully saturated rings. The molecule has 0 spiro atoms. The van der Waals surface area contributed by atoms with Gasteiger partial charge in [0.15, 0.2) is 5.76 Å². The first kappa shape index (κ1) is 23.1. The minimum Gasteiger partial charge on any atom is -0.497 e. The summed E-state index contributed by atoms with van der Waals surface area (Å²) >= 11 is 0. The topological polar surface area (TPSA) is 124 Å². The summed E-state index contributed by atoms with van der Waals surface area (Å²) in [6, 6.07) is 14.5. The Morgan fingerprint density at radius 3 is 2.53 bits per heavy atom. The lowest BCUT2D eigenvalue weighted by Gasteiger charge is -2.09. The van der Waals surface area contributed by atoms with Gasteiger partial charge in [0.25, 0.3) is 15.9 Å². The number of carbonyl (C=O) groups is 1. The third kappa shape index (κ3) is 4.96. The number of aromatic nitrogens is 1. The van der Waals surface area contributed by atoms with E-state index in [1.54, 1.807) is 56.3 Å². The molecule has 0 unspecified atom stereocenters. The Hall–Kier alpha value is -4.05. The summed E-state index contributed by atoms with van der Waals surface area (Å²) in [6.07, 6.45) is 1.46. The van der Waals surface area contributed by atoms with E-state index in [0.29, 0.717) is 34.3 Å². The van der Waals surface area contributed by atoms with Crippen LogP contribution in [0.5, 0.6) is 5.75 Å². The smallest absolute Gasteiger partial charge is 0.287 e. The third-order valence-electron chi connectivity index (χ3n) is 5.11. The van der Waals surface area contributed by atoms with Crippen LogP contribution in [0.25, 0.3) is 11.5 Å². The highest BCUT2D eigenvalue weighted by Gasteiger charge is 2.18. The lowest BCUT2D eigenvalue weighted by Crippen LogP contribution is -2.23. The van der Waals surface area contributed by atoms with E-state index >= 15 is 0 Å². The molecule has 0 atom stereocenters. The Morgan fingerprint density at radius 2 is 1.85 bits per heavy atom. The number of nitrogens with one attached hydrogen (secondary N) is 2. The number of ether oxygens (including phenoxy) is 1. The number of hydrogen-bond donors (Lipinski definition) is 2. The fourth-order valence-electron chi connectivity index (χ4n) is 3.25. The number of carbonyl (C=O) groups excluding carboxylic acids is 1. The van der Waals surface area contributed by atoms with E-state index in [-0.39, 0.29) is 23.1 Å². The van der Waals surface area contributed by atoms with Gasteiger partial charge >= 0.3 is 0 Å². The zero-order valence-corrected chi connectivity index (χ0v) is 19.6. The van der Waals surface area contributed by atoms with Crippen molar-refractivity contribution >= 4 is 21.6 Å². The van der Waals surface area contributed by atoms with Crippen LogP contribution >= 0.6 is 0 Å². The molecule has 4 rings (SSSR count). The summed E-state index contributed by atoms with van der Waals surface area (Å²) in [5.41, 5.74) is 2.23. The summed E-state index contributed by atoms with van der Waals surface area (Å²) < 4.78 is 44.1. The maximum atomic E-state index is 12.7. The highest BCUT2D eigenvalue weighted by Crippen LogP contribution is 2.26. The fraction of sp³-hybridized carbons (Fsp3) is 0.167. The number of benzene rings is 2. The number of oxazole rings is 1. The molecule has 2 aromatic carbocycles. The highest BCUT2D eigenvalue weighted by atomic mass is 32.2. The number of hydrogen-bond acceptors (Lipinski definition) is 7. The van der Waals surface area contributed by atoms with Crippen molar-refractivity contribution in [3.8, 4) is 17.2 Å². The van der Waals surface area contributed by atoms with E-state index in [2.05, 4.69) is 15.0 Å². The van der Waals surface area contributed by atoms with Gasteiger partial charge in [0, 0.05) is 16.8 Å². The fourth-order valence-corrected chi connectivity index (χ4v) is 4.30. The molecule has 9 nitrogen and oxygen atoms in total. The summed E-state index contributed by atoms with van der Waals surface area (Å²) in [5.74, 6) is 1.31. The predicted molar refractivity (Wildman–Crippen MR) is 125 cm³/mol. The number of amides is 1. The molecule has 0 bridgehead atoms. The van der Waals surface area contributed by atoms with Gasteiger partial charge in [-0.2, -0.15) is 0 Å². The number of anilines is 1. The molecule has 4 aromatic rings. The van der Waals surface area contributed by atoms with Crippen molar-refractivity contribution in [3.63, 3.8) is 0 Å². The largest absolute Gasteiger partial charge is 0.497 e. The molecule has 34 heavy (non-hydrogen) atoms. The predicted octanol–water partition coefficient (Wildman–Crippen LogP) is 4.29. The van der Waals surface area contributed by atoms with Gasteiger partial charge in [-0.25, -0.2) is 13.4 Å². The van der Waals surface area contributed by atoms with E-state index in [9.17, 15) is 13.2 Å². The molecule has 0 aliphatic carbocycles. The molecule has 0 radical (unpaired) electrons. The Bertz CT molecular complexity index is 1420. The number of sulfonamides is 1. The maximum Gasteiger partial charge on any atom is 0.287 e. The van der Waals surface area contributed by atoms with Gasteiger partial charge in [0.1, 0.15) is 17.2 Å². The van der Waals surface area contributed by atoms with Crippen LogP contribution in [0.15, 0.2) is 74.6 Å². The number of aryl methyl sites for hydroxylation is 2. The van der Waals surface area contributed by atoms with Crippen molar-refractivity contribution in [1.82, 2.24) is 10.3 Å². The Kier molecular flexibility index (Phi) is 6.42. The molecule has 0 aliphatic rings. The first-order valence-electron chi connectivity index (χ1n) is 10.3. The average molecular weight is 482 g/mol. The summed E-state index contributed by atoms with van der Waals surface area (Å²) in [4.78, 5) is 16.9. The number of rotatable bonds is 8. The standard InChI is InChI=1S/C24H23N3O6S/c1-15-11-12-32-22(15)23(28)25-14-21-16(2)33-24(26-21)17-5-4-6-18(13-17)27-34(29,30)20-9-7-19(31-3)8-10-20/h4-13,27H,14H2,1-3H3,(H,25,28). The van der Waals surface area contributed by atoms with Crippen LogP contribution in [0.1, 0.15) is 27.6 Å². The quantitative estimate of drug-likeness (QED) is 0.385. The Morgan fingerprint density at radius 1 is 1.09 bits per heavy atom. The van der Waals surface area contributed by atoms with Crippen LogP contribution in [0.4, 0.5) is 5.69 Å². The molecular weight excluding hydrogens is 458 g/mol. The maximum absolute atomic E-state index is 12.7. The second-order valence-electron chi connectivity index (χ2n) is 7.50. The first-order valence-corrected chi connectivity index (χ1v) is 11.8. The van der Waals surface area contributed by atoms with Crippen molar-refractivity contribution in [2.75, 3.05) is 11.8 Å². The molecule has 0 aliphatic heterocycles. The van der Waals surface area contributed by atoms with Gasteiger partial charge in [-0.1, -0.05) is 6.07 Å². The number of nitrogens with zero attached hydrogens (tertiary/aromatic N) is 1. The molecule has 0 saturated carbocycles. The van der Waals surface area contributed by atoms with Gasteiger partial charge in [-0.3, -0.25) is 9.52 Å². The number of methoxy groups -OCH3 is 1. The van der Waals surface area contributed by atoms with E-state index in [0.717, 1.165) is 5.56 Å². The highest BCUT2D eigenvalue weighted by molar-refractivity contribution is 7.92. The van der Waals surface area contributed by atoms with Crippen LogP contribution in [0, 0.1) is 13.8 Å². The zero-order valence-electron chi connectivity index (χ0n) is 18.8. The summed E-state index contributed by atoms with van der Waals surface area (Å²) in [6.45, 7) is 3.68. The van der Waals surface area contributed by atoms with E-state index in [4.69, 9.17) is 13.6 Å². The van der Waals surface area contributed by atoms with Crippen molar-refractivity contribution in [3.05, 3.63) is 83.6 Å². The lowest BCUT2D eigenvalue weighted by molar-refractivity contribution is 0.0921. The van der Waals surface area contributed by atoms with Crippen LogP contribution < -0.4 is 14.8 Å². The SMILES string of the molecule is COc1ccc(S(=O)(=O)Nc2cccc(-c3nc(CNC(=O)c4occc4C)c(C)o3)c2)cc1. The van der Waals surface area contributed by atoms with Crippen LogP contribution in [0.3, 0.4) is 0 Å². The van der Waals surface area contributed by atoms with E-state index in [1.807, 2.05) is 0 Å². The Balaban J connectivity index is 1.49. The summed E-state index contributed by atoms with van der Waals surface area (Å²) in [7, 11) is -2.29. The molecule has 2 aromatic heterocycles. The van der Waals surface area contributed by atoms with Gasteiger partial charge < -0.3 is 18.9 Å². The van der Waals surface area contributed by atoms with Crippen LogP contribution in [-0.4, -0.2) is 26.4 Å². The van der Waals surface area contributed by atoms with Gasteiger partial charge in [-0.05, 0) is 62.4 Å². The summed E-state index contributed by atoms with van der Waals surface area (Å²) in [5, 5.41) is 2.76. The molecular formula is C24H23N3O6S. The normalized spacial score (nSPS) is 11.3. The minimum atomic E-state index is -3.80. The first-order chi connectivity index (χ1) is 16.3. The molecule has 2 N–H and O–H groups in total. The molecule has 2 heterocycles. The molecule has 1 amide bonds. The lowest BCUT2D eigenvalue weighted by atomic mass is 10.2. The monoisotopic (exact) mass is 481 g/mol. The minimum absolute atomic E-state index is 0.107. The van der Waals surface area contributed by atoms with E-state index in [1.165, 1.54) is 25.5 Å². The van der Waals surface area contributed by atoms with Gasteiger partial charge in [0.2, 0.25) is 5.89 Å². The van der Waals surface area contributed by atoms with Crippen LogP contribution in [0.2, 0.25) is 0 Å². The van der Waals surface area contributed by atoms with Crippen molar-refractivity contribution in [2.24, 2.45) is 0 Å². The van der Waals surface area contributed by atoms with Crippen molar-refractivity contribution < 1.29 is 26.8 Å². The average Bonchev–Trinajstić information content (AvgIpc) is 3.42. The second-order valence-corrected chi connectivity index (χ2v) is 9.18. The molecule has 10 heteroatoms.